The van der Waals surface area contributed by atoms with Gasteiger partial charge < -0.3 is 20.4 Å². The van der Waals surface area contributed by atoms with E-state index >= 15 is 0 Å². The van der Waals surface area contributed by atoms with Crippen molar-refractivity contribution in [1.82, 2.24) is 24.8 Å². The van der Waals surface area contributed by atoms with Crippen molar-refractivity contribution < 1.29 is 14.4 Å². The highest BCUT2D eigenvalue weighted by atomic mass is 16.7. The Kier molecular flexibility index (Phi) is 6.34. The lowest BCUT2D eigenvalue weighted by Crippen LogP contribution is -2.43. The van der Waals surface area contributed by atoms with Crippen molar-refractivity contribution in [3.63, 3.8) is 0 Å². The van der Waals surface area contributed by atoms with E-state index in [2.05, 4.69) is 37.6 Å². The van der Waals surface area contributed by atoms with Crippen molar-refractivity contribution in [2.24, 2.45) is 0 Å². The van der Waals surface area contributed by atoms with Gasteiger partial charge in [0.2, 0.25) is 11.9 Å². The summed E-state index contributed by atoms with van der Waals surface area (Å²) in [4.78, 5) is 47.9. The Balaban J connectivity index is 1.37. The average Bonchev–Trinajstić information content (AvgIpc) is 2.87. The molecule has 0 saturated carbocycles. The van der Waals surface area contributed by atoms with Gasteiger partial charge in [-0.1, -0.05) is 18.7 Å². The molecular formula is C25H22N8O3. The molecule has 1 fully saturated rings. The summed E-state index contributed by atoms with van der Waals surface area (Å²) in [5, 5.41) is 6.72. The molecule has 11 nitrogen and oxygen atoms in total. The van der Waals surface area contributed by atoms with E-state index in [4.69, 9.17) is 9.82 Å². The third-order valence-corrected chi connectivity index (χ3v) is 5.46. The summed E-state index contributed by atoms with van der Waals surface area (Å²) >= 11 is 0. The summed E-state index contributed by atoms with van der Waals surface area (Å²) in [5.41, 5.74) is 5.92. The Morgan fingerprint density at radius 3 is 2.69 bits per heavy atom. The second-order valence-electron chi connectivity index (χ2n) is 7.93. The van der Waals surface area contributed by atoms with Crippen molar-refractivity contribution in [1.29, 1.82) is 0 Å². The number of anilines is 4. The fourth-order valence-electron chi connectivity index (χ4n) is 3.51. The van der Waals surface area contributed by atoms with Gasteiger partial charge in [-0.05, 0) is 42.8 Å². The molecule has 1 aliphatic heterocycles. The van der Waals surface area contributed by atoms with Gasteiger partial charge in [0.25, 0.3) is 0 Å². The number of nitrogens with one attached hydrogen (secondary N) is 3. The molecule has 4 heterocycles. The van der Waals surface area contributed by atoms with E-state index in [0.717, 1.165) is 17.4 Å². The van der Waals surface area contributed by atoms with Crippen LogP contribution in [0.25, 0.3) is 22.2 Å². The maximum absolute atomic E-state index is 11.8. The highest BCUT2D eigenvalue weighted by Crippen LogP contribution is 2.29. The highest BCUT2D eigenvalue weighted by Gasteiger charge is 2.22. The van der Waals surface area contributed by atoms with Gasteiger partial charge >= 0.3 is 6.09 Å². The van der Waals surface area contributed by atoms with Crippen LogP contribution in [0.4, 0.5) is 27.9 Å². The standard InChI is InChI=1S/C25H22N8O3/c1-2-22(34)28-17-6-3-5-16(13-17)23-19-9-10-26-15-20(19)30-24(31-23)29-18-7-8-21(27-14-18)32-36-25(35)33-11-4-12-33/h2-3,5-10,13-15H,1,4,11-12H2,(H,27,32)(H,28,34)(H,29,30,31). The molecule has 180 valence electrons. The summed E-state index contributed by atoms with van der Waals surface area (Å²) in [5.74, 6) is 0.432. The second kappa shape index (κ2) is 10.1. The Morgan fingerprint density at radius 2 is 1.94 bits per heavy atom. The molecule has 0 atom stereocenters. The molecule has 1 saturated heterocycles. The average molecular weight is 483 g/mol. The van der Waals surface area contributed by atoms with Crippen LogP contribution in [0.15, 0.2) is 73.7 Å². The fourth-order valence-corrected chi connectivity index (χ4v) is 3.51. The molecule has 1 aliphatic rings. The number of fused-ring (bicyclic) bond motifs is 1. The number of nitrogens with zero attached hydrogens (tertiary/aromatic N) is 5. The number of aromatic nitrogens is 4. The molecule has 11 heteroatoms. The minimum atomic E-state index is -0.427. The SMILES string of the molecule is C=CC(=O)Nc1cccc(-c2nc(Nc3ccc(NOC(=O)N4CCC4)nc3)nc3cnccc23)c1. The molecule has 4 aromatic rings. The third-order valence-electron chi connectivity index (χ3n) is 5.46. The van der Waals surface area contributed by atoms with Crippen molar-refractivity contribution in [3.8, 4) is 11.3 Å². The van der Waals surface area contributed by atoms with Gasteiger partial charge in [0, 0.05) is 35.9 Å². The summed E-state index contributed by atoms with van der Waals surface area (Å²) in [6.45, 7) is 4.89. The third kappa shape index (κ3) is 5.04. The molecule has 1 aromatic carbocycles. The zero-order valence-electron chi connectivity index (χ0n) is 19.1. The number of rotatable bonds is 7. The number of likely N-dealkylation sites (tertiary alicyclic amines) is 1. The first-order chi connectivity index (χ1) is 17.6. The predicted molar refractivity (Wildman–Crippen MR) is 135 cm³/mol. The van der Waals surface area contributed by atoms with E-state index in [-0.39, 0.29) is 5.91 Å². The quantitative estimate of drug-likeness (QED) is 0.263. The molecule has 3 N–H and O–H groups in total. The van der Waals surface area contributed by atoms with Gasteiger partial charge in [-0.2, -0.15) is 5.48 Å². The van der Waals surface area contributed by atoms with E-state index in [1.54, 1.807) is 41.7 Å². The zero-order valence-corrected chi connectivity index (χ0v) is 19.1. The van der Waals surface area contributed by atoms with Gasteiger partial charge in [0.05, 0.1) is 29.3 Å². The monoisotopic (exact) mass is 482 g/mol. The molecule has 0 aliphatic carbocycles. The van der Waals surface area contributed by atoms with Crippen LogP contribution in [0.2, 0.25) is 0 Å². The molecule has 3 aromatic heterocycles. The first-order valence-electron chi connectivity index (χ1n) is 11.2. The topological polar surface area (TPSA) is 134 Å². The number of carbonyl (C=O) groups is 2. The maximum Gasteiger partial charge on any atom is 0.434 e. The number of hydrogen-bond donors (Lipinski definition) is 3. The van der Waals surface area contributed by atoms with E-state index in [1.807, 2.05) is 24.3 Å². The first-order valence-corrected chi connectivity index (χ1v) is 11.2. The number of amides is 2. The highest BCUT2D eigenvalue weighted by molar-refractivity contribution is 6.00. The van der Waals surface area contributed by atoms with Crippen LogP contribution in [0.1, 0.15) is 6.42 Å². The molecule has 5 rings (SSSR count). The zero-order chi connectivity index (χ0) is 24.9. The van der Waals surface area contributed by atoms with E-state index in [0.29, 0.717) is 47.4 Å². The van der Waals surface area contributed by atoms with Crippen LogP contribution >= 0.6 is 0 Å². The lowest BCUT2D eigenvalue weighted by molar-refractivity contribution is -0.111. The molecule has 0 bridgehead atoms. The van der Waals surface area contributed by atoms with Crippen LogP contribution in [-0.2, 0) is 9.63 Å². The van der Waals surface area contributed by atoms with Gasteiger partial charge in [-0.25, -0.2) is 19.7 Å². The van der Waals surface area contributed by atoms with Crippen molar-refractivity contribution >= 4 is 46.0 Å². The smallest absolute Gasteiger partial charge is 0.323 e. The van der Waals surface area contributed by atoms with Crippen LogP contribution in [0.5, 0.6) is 0 Å². The summed E-state index contributed by atoms with van der Waals surface area (Å²) < 4.78 is 0. The second-order valence-corrected chi connectivity index (χ2v) is 7.93. The van der Waals surface area contributed by atoms with Gasteiger partial charge in [0.1, 0.15) is 0 Å². The summed E-state index contributed by atoms with van der Waals surface area (Å²) in [6, 6.07) is 12.6. The molecule has 0 radical (unpaired) electrons. The first kappa shape index (κ1) is 22.7. The van der Waals surface area contributed by atoms with Gasteiger partial charge in [-0.3, -0.25) is 9.78 Å². The molecule has 2 amide bonds. The summed E-state index contributed by atoms with van der Waals surface area (Å²) in [6.07, 6.45) is 6.68. The normalized spacial score (nSPS) is 12.4. The Hall–Kier alpha value is -5.06. The molecule has 0 unspecified atom stereocenters. The van der Waals surface area contributed by atoms with Crippen LogP contribution in [-0.4, -0.2) is 49.9 Å². The van der Waals surface area contributed by atoms with Crippen molar-refractivity contribution in [2.45, 2.75) is 6.42 Å². The lowest BCUT2D eigenvalue weighted by atomic mass is 10.1. The van der Waals surface area contributed by atoms with Crippen LogP contribution < -0.4 is 16.1 Å². The largest absolute Gasteiger partial charge is 0.434 e. The Bertz CT molecular complexity index is 1440. The number of carbonyl (C=O) groups excluding carboxylic acids is 2. The van der Waals surface area contributed by atoms with E-state index in [1.165, 1.54) is 6.08 Å². The lowest BCUT2D eigenvalue weighted by Gasteiger charge is -2.29. The van der Waals surface area contributed by atoms with E-state index in [9.17, 15) is 9.59 Å². The van der Waals surface area contributed by atoms with E-state index < -0.39 is 6.09 Å². The Morgan fingerprint density at radius 1 is 1.06 bits per heavy atom. The van der Waals surface area contributed by atoms with Gasteiger partial charge in [0.15, 0.2) is 5.82 Å². The van der Waals surface area contributed by atoms with Gasteiger partial charge in [-0.15, -0.1) is 0 Å². The van der Waals surface area contributed by atoms with Crippen molar-refractivity contribution in [2.75, 3.05) is 29.2 Å². The minimum Gasteiger partial charge on any atom is -0.323 e. The van der Waals surface area contributed by atoms with Crippen LogP contribution in [0, 0.1) is 0 Å². The molecule has 0 spiro atoms. The maximum atomic E-state index is 11.8. The molecule has 36 heavy (non-hydrogen) atoms. The molecular weight excluding hydrogens is 460 g/mol. The minimum absolute atomic E-state index is 0.299. The van der Waals surface area contributed by atoms with Crippen LogP contribution in [0.3, 0.4) is 0 Å². The Labute approximate surface area is 206 Å². The fraction of sp³-hybridized carbons (Fsp3) is 0.120. The number of hydrogen-bond acceptors (Lipinski definition) is 9. The number of benzene rings is 1. The predicted octanol–water partition coefficient (Wildman–Crippen LogP) is 4.12. The number of pyridine rings is 2. The van der Waals surface area contributed by atoms with Crippen molar-refractivity contribution in [3.05, 3.63) is 73.7 Å². The summed E-state index contributed by atoms with van der Waals surface area (Å²) in [7, 11) is 0.